The van der Waals surface area contributed by atoms with Crippen LogP contribution in [-0.4, -0.2) is 17.1 Å². The molecule has 0 saturated heterocycles. The molecule has 4 nitrogen and oxygen atoms in total. The van der Waals surface area contributed by atoms with Crippen LogP contribution in [0.1, 0.15) is 5.82 Å². The molecule has 96 valence electrons. The first kappa shape index (κ1) is 11.9. The van der Waals surface area contributed by atoms with Gasteiger partial charge in [0, 0.05) is 10.9 Å². The molecule has 0 aliphatic carbocycles. The molecule has 5 heteroatoms. The standard InChI is InChI=1S/C14H12N2O2S/c1-8-15-12-11(7-19-13(12)14(17)16-8)9-4-3-5-10(6-9)18-2/h3-7H,1-2H3,(H,15,16,17). The first-order valence-electron chi connectivity index (χ1n) is 5.81. The summed E-state index contributed by atoms with van der Waals surface area (Å²) in [5.41, 5.74) is 2.64. The predicted octanol–water partition coefficient (Wildman–Crippen LogP) is 2.97. The van der Waals surface area contributed by atoms with Crippen molar-refractivity contribution in [3.05, 3.63) is 45.8 Å². The summed E-state index contributed by atoms with van der Waals surface area (Å²) >= 11 is 1.41. The average Bonchev–Trinajstić information content (AvgIpc) is 2.82. The van der Waals surface area contributed by atoms with Crippen LogP contribution in [0, 0.1) is 6.92 Å². The number of rotatable bonds is 2. The van der Waals surface area contributed by atoms with Gasteiger partial charge >= 0.3 is 0 Å². The third-order valence-electron chi connectivity index (χ3n) is 2.93. The van der Waals surface area contributed by atoms with Crippen molar-refractivity contribution in [2.45, 2.75) is 6.92 Å². The van der Waals surface area contributed by atoms with Crippen LogP contribution < -0.4 is 10.3 Å². The van der Waals surface area contributed by atoms with Gasteiger partial charge in [-0.15, -0.1) is 11.3 Å². The Kier molecular flexibility index (Phi) is 2.83. The highest BCUT2D eigenvalue weighted by atomic mass is 32.1. The zero-order valence-electron chi connectivity index (χ0n) is 10.6. The maximum Gasteiger partial charge on any atom is 0.268 e. The number of hydrogen-bond donors (Lipinski definition) is 1. The van der Waals surface area contributed by atoms with E-state index in [9.17, 15) is 4.79 Å². The fourth-order valence-corrected chi connectivity index (χ4v) is 2.94. The van der Waals surface area contributed by atoms with Crippen LogP contribution in [0.3, 0.4) is 0 Å². The van der Waals surface area contributed by atoms with Crippen LogP contribution in [0.2, 0.25) is 0 Å². The SMILES string of the molecule is COc1cccc(-c2csc3c(=O)[nH]c(C)nc23)c1. The highest BCUT2D eigenvalue weighted by molar-refractivity contribution is 7.17. The van der Waals surface area contributed by atoms with Gasteiger partial charge in [0.1, 0.15) is 16.3 Å². The molecule has 0 saturated carbocycles. The zero-order valence-corrected chi connectivity index (χ0v) is 11.4. The predicted molar refractivity (Wildman–Crippen MR) is 77.0 cm³/mol. The van der Waals surface area contributed by atoms with Crippen molar-refractivity contribution in [2.24, 2.45) is 0 Å². The van der Waals surface area contributed by atoms with Crippen LogP contribution in [-0.2, 0) is 0 Å². The number of methoxy groups -OCH3 is 1. The van der Waals surface area contributed by atoms with E-state index >= 15 is 0 Å². The lowest BCUT2D eigenvalue weighted by Crippen LogP contribution is -2.07. The van der Waals surface area contributed by atoms with Crippen molar-refractivity contribution in [1.29, 1.82) is 0 Å². The highest BCUT2D eigenvalue weighted by Gasteiger charge is 2.11. The summed E-state index contributed by atoms with van der Waals surface area (Å²) in [4.78, 5) is 19.0. The Labute approximate surface area is 113 Å². The molecule has 1 aromatic carbocycles. The lowest BCUT2D eigenvalue weighted by molar-refractivity contribution is 0.415. The zero-order chi connectivity index (χ0) is 13.4. The first-order valence-corrected chi connectivity index (χ1v) is 6.69. The van der Waals surface area contributed by atoms with Gasteiger partial charge in [-0.1, -0.05) is 12.1 Å². The second-order valence-corrected chi connectivity index (χ2v) is 5.09. The minimum atomic E-state index is -0.0818. The molecule has 0 atom stereocenters. The molecule has 0 bridgehead atoms. The third-order valence-corrected chi connectivity index (χ3v) is 3.89. The van der Waals surface area contributed by atoms with Gasteiger partial charge in [-0.3, -0.25) is 4.79 Å². The fourth-order valence-electron chi connectivity index (χ4n) is 2.04. The number of aromatic amines is 1. The monoisotopic (exact) mass is 272 g/mol. The normalized spacial score (nSPS) is 10.8. The number of H-pyrrole nitrogens is 1. The number of hydrogen-bond acceptors (Lipinski definition) is 4. The van der Waals surface area contributed by atoms with Crippen molar-refractivity contribution >= 4 is 21.6 Å². The van der Waals surface area contributed by atoms with Crippen LogP contribution in [0.15, 0.2) is 34.4 Å². The summed E-state index contributed by atoms with van der Waals surface area (Å²) < 4.78 is 5.88. The molecule has 0 amide bonds. The Balaban J connectivity index is 2.28. The minimum absolute atomic E-state index is 0.0818. The Bertz CT molecular complexity index is 805. The number of nitrogens with one attached hydrogen (secondary N) is 1. The van der Waals surface area contributed by atoms with Crippen LogP contribution >= 0.6 is 11.3 Å². The van der Waals surface area contributed by atoms with Crippen molar-refractivity contribution in [3.63, 3.8) is 0 Å². The van der Waals surface area contributed by atoms with Gasteiger partial charge in [-0.05, 0) is 24.6 Å². The average molecular weight is 272 g/mol. The van der Waals surface area contributed by atoms with Crippen molar-refractivity contribution in [1.82, 2.24) is 9.97 Å². The molecule has 0 spiro atoms. The van der Waals surface area contributed by atoms with Gasteiger partial charge < -0.3 is 9.72 Å². The van der Waals surface area contributed by atoms with Gasteiger partial charge in [0.2, 0.25) is 0 Å². The van der Waals surface area contributed by atoms with Crippen molar-refractivity contribution in [2.75, 3.05) is 7.11 Å². The second kappa shape index (κ2) is 4.51. The minimum Gasteiger partial charge on any atom is -0.497 e. The van der Waals surface area contributed by atoms with Crippen LogP contribution in [0.5, 0.6) is 5.75 Å². The largest absolute Gasteiger partial charge is 0.497 e. The number of fused-ring (bicyclic) bond motifs is 1. The van der Waals surface area contributed by atoms with Crippen molar-refractivity contribution < 1.29 is 4.74 Å². The van der Waals surface area contributed by atoms with E-state index in [2.05, 4.69) is 9.97 Å². The molecule has 0 radical (unpaired) electrons. The lowest BCUT2D eigenvalue weighted by Gasteiger charge is -2.03. The maximum absolute atomic E-state index is 11.9. The second-order valence-electron chi connectivity index (χ2n) is 4.21. The Morgan fingerprint density at radius 2 is 2.21 bits per heavy atom. The first-order chi connectivity index (χ1) is 9.19. The summed E-state index contributed by atoms with van der Waals surface area (Å²) in [5.74, 6) is 1.42. The summed E-state index contributed by atoms with van der Waals surface area (Å²) in [6.07, 6.45) is 0. The molecular formula is C14H12N2O2S. The number of aryl methyl sites for hydroxylation is 1. The quantitative estimate of drug-likeness (QED) is 0.780. The van der Waals surface area contributed by atoms with Crippen molar-refractivity contribution in [3.8, 4) is 16.9 Å². The number of ether oxygens (including phenoxy) is 1. The lowest BCUT2D eigenvalue weighted by atomic mass is 10.1. The summed E-state index contributed by atoms with van der Waals surface area (Å²) in [6, 6.07) is 7.75. The van der Waals surface area contributed by atoms with E-state index in [1.807, 2.05) is 29.6 Å². The molecule has 19 heavy (non-hydrogen) atoms. The molecule has 2 heterocycles. The van der Waals surface area contributed by atoms with E-state index < -0.39 is 0 Å². The summed E-state index contributed by atoms with van der Waals surface area (Å²) in [6.45, 7) is 1.79. The molecular weight excluding hydrogens is 260 g/mol. The van der Waals surface area contributed by atoms with E-state index in [1.165, 1.54) is 11.3 Å². The topological polar surface area (TPSA) is 55.0 Å². The Hall–Kier alpha value is -2.14. The van der Waals surface area contributed by atoms with E-state index in [1.54, 1.807) is 14.0 Å². The number of nitrogens with zero attached hydrogens (tertiary/aromatic N) is 1. The number of aromatic nitrogens is 2. The maximum atomic E-state index is 11.9. The van der Waals surface area contributed by atoms with E-state index in [0.29, 0.717) is 10.5 Å². The molecule has 0 unspecified atom stereocenters. The van der Waals surface area contributed by atoms with E-state index in [-0.39, 0.29) is 5.56 Å². The van der Waals surface area contributed by atoms with Crippen LogP contribution in [0.25, 0.3) is 21.3 Å². The molecule has 3 aromatic rings. The van der Waals surface area contributed by atoms with Gasteiger partial charge in [0.15, 0.2) is 0 Å². The summed E-state index contributed by atoms with van der Waals surface area (Å²) in [5, 5.41) is 1.96. The molecule has 2 aromatic heterocycles. The molecule has 0 aliphatic heterocycles. The number of benzene rings is 1. The third kappa shape index (κ3) is 2.02. The Morgan fingerprint density at radius 3 is 3.00 bits per heavy atom. The smallest absolute Gasteiger partial charge is 0.268 e. The highest BCUT2D eigenvalue weighted by Crippen LogP contribution is 2.32. The van der Waals surface area contributed by atoms with Crippen LogP contribution in [0.4, 0.5) is 0 Å². The van der Waals surface area contributed by atoms with E-state index in [0.717, 1.165) is 22.4 Å². The molecule has 0 fully saturated rings. The summed E-state index contributed by atoms with van der Waals surface area (Å²) in [7, 11) is 1.64. The van der Waals surface area contributed by atoms with Gasteiger partial charge in [0.25, 0.3) is 5.56 Å². The molecule has 1 N–H and O–H groups in total. The number of thiophene rings is 1. The van der Waals surface area contributed by atoms with Gasteiger partial charge in [0.05, 0.1) is 12.6 Å². The molecule has 3 rings (SSSR count). The molecule has 0 aliphatic rings. The van der Waals surface area contributed by atoms with E-state index in [4.69, 9.17) is 4.74 Å². The van der Waals surface area contributed by atoms with Gasteiger partial charge in [-0.25, -0.2) is 4.98 Å². The van der Waals surface area contributed by atoms with Gasteiger partial charge in [-0.2, -0.15) is 0 Å². The fraction of sp³-hybridized carbons (Fsp3) is 0.143. The Morgan fingerprint density at radius 1 is 1.37 bits per heavy atom.